The minimum absolute atomic E-state index is 0.292. The second kappa shape index (κ2) is 6.01. The average molecular weight is 297 g/mol. The fourth-order valence-corrected chi connectivity index (χ4v) is 1.79. The van der Waals surface area contributed by atoms with Crippen LogP contribution in [0.5, 0.6) is 5.75 Å². The Hall–Kier alpha value is -1.94. The Morgan fingerprint density at radius 1 is 1.15 bits per heavy atom. The van der Waals surface area contributed by atoms with Gasteiger partial charge in [0, 0.05) is 10.6 Å². The zero-order valence-corrected chi connectivity index (χ0v) is 11.3. The van der Waals surface area contributed by atoms with Crippen molar-refractivity contribution in [1.82, 2.24) is 0 Å². The van der Waals surface area contributed by atoms with Crippen molar-refractivity contribution >= 4 is 17.4 Å². The summed E-state index contributed by atoms with van der Waals surface area (Å²) in [6.07, 6.45) is -0.938. The van der Waals surface area contributed by atoms with Crippen molar-refractivity contribution in [1.29, 1.82) is 0 Å². The van der Waals surface area contributed by atoms with Gasteiger partial charge in [0.05, 0.1) is 0 Å². The van der Waals surface area contributed by atoms with E-state index in [1.165, 1.54) is 19.1 Å². The van der Waals surface area contributed by atoms with Crippen LogP contribution >= 0.6 is 11.6 Å². The lowest BCUT2D eigenvalue weighted by Crippen LogP contribution is -2.24. The molecule has 0 radical (unpaired) electrons. The van der Waals surface area contributed by atoms with Crippen molar-refractivity contribution in [3.8, 4) is 5.75 Å². The first kappa shape index (κ1) is 14.5. The summed E-state index contributed by atoms with van der Waals surface area (Å²) < 4.78 is 31.7. The maximum atomic E-state index is 13.5. The van der Waals surface area contributed by atoms with E-state index in [9.17, 15) is 13.6 Å². The van der Waals surface area contributed by atoms with Crippen molar-refractivity contribution in [3.63, 3.8) is 0 Å². The molecule has 0 bridgehead atoms. The molecule has 1 atom stereocenters. The Morgan fingerprint density at radius 3 is 2.45 bits per heavy atom. The highest BCUT2D eigenvalue weighted by Gasteiger charge is 2.19. The largest absolute Gasteiger partial charge is 0.479 e. The second-order valence-electron chi connectivity index (χ2n) is 4.18. The highest BCUT2D eigenvalue weighted by Crippen LogP contribution is 2.21. The number of benzene rings is 2. The van der Waals surface area contributed by atoms with Crippen LogP contribution in [-0.4, -0.2) is 11.9 Å². The Balaban J connectivity index is 2.15. The Morgan fingerprint density at radius 2 is 1.80 bits per heavy atom. The van der Waals surface area contributed by atoms with Gasteiger partial charge in [-0.05, 0) is 43.3 Å². The predicted molar refractivity (Wildman–Crippen MR) is 72.2 cm³/mol. The van der Waals surface area contributed by atoms with Crippen LogP contribution in [0.4, 0.5) is 8.78 Å². The van der Waals surface area contributed by atoms with Crippen LogP contribution in [0.3, 0.4) is 0 Å². The molecule has 0 aliphatic heterocycles. The molecule has 2 rings (SSSR count). The summed E-state index contributed by atoms with van der Waals surface area (Å²) in [6, 6.07) is 9.80. The lowest BCUT2D eigenvalue weighted by molar-refractivity contribution is 0.0811. The number of carbonyl (C=O) groups excluding carboxylic acids is 1. The van der Waals surface area contributed by atoms with Gasteiger partial charge in [0.25, 0.3) is 0 Å². The molecule has 2 aromatic carbocycles. The molecule has 0 saturated heterocycles. The summed E-state index contributed by atoms with van der Waals surface area (Å²) in [5, 5.41) is 0.506. The zero-order chi connectivity index (χ0) is 14.7. The molecule has 2 aromatic rings. The van der Waals surface area contributed by atoms with E-state index in [2.05, 4.69) is 0 Å². The third kappa shape index (κ3) is 3.14. The van der Waals surface area contributed by atoms with E-state index in [0.717, 1.165) is 6.07 Å². The van der Waals surface area contributed by atoms with Gasteiger partial charge in [-0.3, -0.25) is 4.79 Å². The third-order valence-corrected chi connectivity index (χ3v) is 2.97. The number of hydrogen-bond acceptors (Lipinski definition) is 2. The van der Waals surface area contributed by atoms with Crippen LogP contribution in [-0.2, 0) is 0 Å². The van der Waals surface area contributed by atoms with Crippen LogP contribution in [0.25, 0.3) is 0 Å². The van der Waals surface area contributed by atoms with E-state index in [0.29, 0.717) is 10.6 Å². The van der Waals surface area contributed by atoms with Crippen molar-refractivity contribution in [2.75, 3.05) is 0 Å². The van der Waals surface area contributed by atoms with Crippen LogP contribution in [0.15, 0.2) is 42.5 Å². The Labute approximate surface area is 119 Å². The van der Waals surface area contributed by atoms with Crippen molar-refractivity contribution in [2.24, 2.45) is 0 Å². The standard InChI is InChI=1S/C15H11ClF2O2/c1-9(15(19)10-5-7-11(16)8-6-10)20-13-4-2-3-12(17)14(13)18/h2-9H,1H3. The second-order valence-corrected chi connectivity index (χ2v) is 4.62. The third-order valence-electron chi connectivity index (χ3n) is 2.72. The predicted octanol–water partition coefficient (Wildman–Crippen LogP) is 4.27. The molecule has 0 amide bonds. The maximum absolute atomic E-state index is 13.5. The minimum atomic E-state index is -1.11. The van der Waals surface area contributed by atoms with Gasteiger partial charge in [-0.1, -0.05) is 17.7 Å². The molecule has 1 unspecified atom stereocenters. The quantitative estimate of drug-likeness (QED) is 0.788. The monoisotopic (exact) mass is 296 g/mol. The summed E-state index contributed by atoms with van der Waals surface area (Å²) in [6.45, 7) is 1.47. The van der Waals surface area contributed by atoms with E-state index in [4.69, 9.17) is 16.3 Å². The zero-order valence-electron chi connectivity index (χ0n) is 10.6. The summed E-state index contributed by atoms with van der Waals surface area (Å²) in [7, 11) is 0. The fourth-order valence-electron chi connectivity index (χ4n) is 1.67. The normalized spacial score (nSPS) is 12.0. The topological polar surface area (TPSA) is 26.3 Å². The van der Waals surface area contributed by atoms with Crippen molar-refractivity contribution in [3.05, 3.63) is 64.7 Å². The first-order valence-corrected chi connectivity index (χ1v) is 6.27. The van der Waals surface area contributed by atoms with Crippen molar-refractivity contribution in [2.45, 2.75) is 13.0 Å². The van der Waals surface area contributed by atoms with Gasteiger partial charge in [0.1, 0.15) is 0 Å². The van der Waals surface area contributed by atoms with Crippen molar-refractivity contribution < 1.29 is 18.3 Å². The minimum Gasteiger partial charge on any atom is -0.479 e. The average Bonchev–Trinajstić information content (AvgIpc) is 2.44. The molecule has 0 spiro atoms. The number of rotatable bonds is 4. The molecule has 5 heteroatoms. The lowest BCUT2D eigenvalue weighted by Gasteiger charge is -2.14. The molecule has 2 nitrogen and oxygen atoms in total. The molecule has 0 N–H and O–H groups in total. The van der Waals surface area contributed by atoms with E-state index in [1.54, 1.807) is 24.3 Å². The summed E-state index contributed by atoms with van der Waals surface area (Å²) in [4.78, 5) is 12.1. The fraction of sp³-hybridized carbons (Fsp3) is 0.133. The van der Waals surface area contributed by atoms with E-state index < -0.39 is 17.7 Å². The number of carbonyl (C=O) groups is 1. The molecular weight excluding hydrogens is 286 g/mol. The number of halogens is 3. The lowest BCUT2D eigenvalue weighted by atomic mass is 10.1. The molecule has 0 fully saturated rings. The van der Waals surface area contributed by atoms with E-state index >= 15 is 0 Å². The molecule has 0 aromatic heterocycles. The summed E-state index contributed by atoms with van der Waals surface area (Å²) in [5.41, 5.74) is 0.388. The van der Waals surface area contributed by atoms with Gasteiger partial charge in [-0.15, -0.1) is 0 Å². The molecule has 20 heavy (non-hydrogen) atoms. The number of ketones is 1. The van der Waals surface area contributed by atoms with Gasteiger partial charge in [0.2, 0.25) is 11.6 Å². The van der Waals surface area contributed by atoms with E-state index in [-0.39, 0.29) is 11.5 Å². The highest BCUT2D eigenvalue weighted by atomic mass is 35.5. The van der Waals surface area contributed by atoms with Gasteiger partial charge in [0.15, 0.2) is 17.7 Å². The van der Waals surface area contributed by atoms with Crippen LogP contribution in [0.2, 0.25) is 5.02 Å². The number of ether oxygens (including phenoxy) is 1. The van der Waals surface area contributed by atoms with Gasteiger partial charge >= 0.3 is 0 Å². The van der Waals surface area contributed by atoms with Crippen LogP contribution in [0.1, 0.15) is 17.3 Å². The number of hydrogen-bond donors (Lipinski definition) is 0. The molecule has 0 heterocycles. The smallest absolute Gasteiger partial charge is 0.202 e. The van der Waals surface area contributed by atoms with Gasteiger partial charge in [-0.2, -0.15) is 4.39 Å². The first-order valence-electron chi connectivity index (χ1n) is 5.89. The Bertz CT molecular complexity index is 626. The van der Waals surface area contributed by atoms with E-state index in [1.807, 2.05) is 0 Å². The maximum Gasteiger partial charge on any atom is 0.202 e. The SMILES string of the molecule is CC(Oc1cccc(F)c1F)C(=O)c1ccc(Cl)cc1. The summed E-state index contributed by atoms with van der Waals surface area (Å²) >= 11 is 5.73. The van der Waals surface area contributed by atoms with Crippen LogP contribution in [0, 0.1) is 11.6 Å². The molecular formula is C15H11ClF2O2. The van der Waals surface area contributed by atoms with Gasteiger partial charge < -0.3 is 4.74 Å². The molecule has 0 saturated carbocycles. The number of Topliss-reactive ketones (excluding diaryl/α,β-unsaturated/α-hetero) is 1. The Kier molecular flexibility index (Phi) is 4.35. The van der Waals surface area contributed by atoms with Gasteiger partial charge in [-0.25, -0.2) is 4.39 Å². The van der Waals surface area contributed by atoms with Crippen LogP contribution < -0.4 is 4.74 Å². The summed E-state index contributed by atoms with van der Waals surface area (Å²) in [5.74, 6) is -2.76. The highest BCUT2D eigenvalue weighted by molar-refractivity contribution is 6.30. The first-order chi connectivity index (χ1) is 9.49. The molecule has 0 aliphatic rings. The molecule has 104 valence electrons. The molecule has 0 aliphatic carbocycles.